The van der Waals surface area contributed by atoms with Crippen molar-refractivity contribution < 1.29 is 23.9 Å². The number of allylic oxidation sites excluding steroid dienone is 3. The van der Waals surface area contributed by atoms with Gasteiger partial charge in [-0.25, -0.2) is 9.59 Å². The Bertz CT molecular complexity index is 545. The Morgan fingerprint density at radius 2 is 1.92 bits per heavy atom. The topological polar surface area (TPSA) is 108 Å². The van der Waals surface area contributed by atoms with Gasteiger partial charge < -0.3 is 20.5 Å². The molecule has 1 rings (SSSR count). The molecule has 0 bridgehead atoms. The monoisotopic (exact) mass is 366 g/mol. The zero-order valence-corrected chi connectivity index (χ0v) is 15.8. The fraction of sp³-hybridized carbons (Fsp3) is 0.632. The van der Waals surface area contributed by atoms with Gasteiger partial charge >= 0.3 is 12.1 Å². The number of amides is 2. The first-order valence-corrected chi connectivity index (χ1v) is 8.95. The molecule has 0 heterocycles. The van der Waals surface area contributed by atoms with Gasteiger partial charge in [0.1, 0.15) is 18.2 Å². The number of carbonyl (C=O) groups is 3. The predicted molar refractivity (Wildman–Crippen MR) is 98.2 cm³/mol. The molecule has 0 aromatic rings. The summed E-state index contributed by atoms with van der Waals surface area (Å²) in [6.45, 7) is 5.29. The largest absolute Gasteiger partial charge is 0.460 e. The molecule has 0 aliphatic heterocycles. The molecule has 7 nitrogen and oxygen atoms in total. The van der Waals surface area contributed by atoms with E-state index in [2.05, 4.69) is 11.4 Å². The summed E-state index contributed by atoms with van der Waals surface area (Å²) in [6, 6.07) is -0.889. The number of ether oxygens (including phenoxy) is 2. The van der Waals surface area contributed by atoms with Gasteiger partial charge in [0.2, 0.25) is 5.91 Å². The Balaban J connectivity index is 2.47. The van der Waals surface area contributed by atoms with Crippen molar-refractivity contribution in [2.24, 2.45) is 11.7 Å². The van der Waals surface area contributed by atoms with Crippen LogP contribution < -0.4 is 11.1 Å². The molecule has 1 fully saturated rings. The average Bonchev–Trinajstić information content (AvgIpc) is 3.31. The highest BCUT2D eigenvalue weighted by Gasteiger charge is 2.25. The fourth-order valence-corrected chi connectivity index (χ4v) is 2.05. The number of nitrogens with one attached hydrogen (secondary N) is 1. The zero-order chi connectivity index (χ0) is 19.6. The number of hydrogen-bond donors (Lipinski definition) is 2. The molecule has 1 atom stereocenters. The van der Waals surface area contributed by atoms with Crippen molar-refractivity contribution in [2.45, 2.75) is 64.5 Å². The van der Waals surface area contributed by atoms with Crippen LogP contribution in [0.3, 0.4) is 0 Å². The lowest BCUT2D eigenvalue weighted by Gasteiger charge is -2.22. The zero-order valence-electron chi connectivity index (χ0n) is 15.8. The van der Waals surface area contributed by atoms with Gasteiger partial charge in [-0.15, -0.1) is 0 Å². The highest BCUT2D eigenvalue weighted by atomic mass is 16.6. The molecule has 26 heavy (non-hydrogen) atoms. The van der Waals surface area contributed by atoms with Crippen LogP contribution in [0.1, 0.15) is 52.9 Å². The minimum atomic E-state index is -0.889. The van der Waals surface area contributed by atoms with Gasteiger partial charge in [0.05, 0.1) is 0 Å². The quantitative estimate of drug-likeness (QED) is 0.456. The van der Waals surface area contributed by atoms with Crippen molar-refractivity contribution >= 4 is 18.0 Å². The van der Waals surface area contributed by atoms with Crippen LogP contribution in [0.15, 0.2) is 24.3 Å². The molecule has 3 N–H and O–H groups in total. The summed E-state index contributed by atoms with van der Waals surface area (Å²) in [4.78, 5) is 35.0. The van der Waals surface area contributed by atoms with E-state index in [-0.39, 0.29) is 19.4 Å². The second-order valence-electron chi connectivity index (χ2n) is 7.34. The lowest BCUT2D eigenvalue weighted by Crippen LogP contribution is -2.44. The molecule has 0 aromatic heterocycles. The molecule has 0 radical (unpaired) electrons. The van der Waals surface area contributed by atoms with Crippen molar-refractivity contribution in [1.29, 1.82) is 0 Å². The minimum Gasteiger partial charge on any atom is -0.460 e. The van der Waals surface area contributed by atoms with Gasteiger partial charge in [0.15, 0.2) is 0 Å². The normalized spacial score (nSPS) is 15.8. The number of esters is 1. The van der Waals surface area contributed by atoms with E-state index >= 15 is 0 Å². The van der Waals surface area contributed by atoms with Crippen LogP contribution >= 0.6 is 0 Å². The highest BCUT2D eigenvalue weighted by molar-refractivity contribution is 5.81. The van der Waals surface area contributed by atoms with Crippen LogP contribution in [0.4, 0.5) is 4.79 Å². The van der Waals surface area contributed by atoms with Crippen LogP contribution in [0.5, 0.6) is 0 Å². The molecule has 0 spiro atoms. The average molecular weight is 366 g/mol. The predicted octanol–water partition coefficient (Wildman–Crippen LogP) is 2.60. The van der Waals surface area contributed by atoms with Crippen LogP contribution in [-0.4, -0.2) is 36.2 Å². The Morgan fingerprint density at radius 3 is 2.50 bits per heavy atom. The van der Waals surface area contributed by atoms with Crippen molar-refractivity contribution in [3.05, 3.63) is 24.3 Å². The minimum absolute atomic E-state index is 0.107. The van der Waals surface area contributed by atoms with E-state index < -0.39 is 29.6 Å². The Morgan fingerprint density at radius 1 is 1.23 bits per heavy atom. The number of primary amides is 1. The van der Waals surface area contributed by atoms with E-state index in [1.165, 1.54) is 12.8 Å². The van der Waals surface area contributed by atoms with Gasteiger partial charge in [-0.3, -0.25) is 4.79 Å². The van der Waals surface area contributed by atoms with Crippen molar-refractivity contribution in [1.82, 2.24) is 5.32 Å². The van der Waals surface area contributed by atoms with Gasteiger partial charge in [0.25, 0.3) is 0 Å². The Kier molecular flexibility index (Phi) is 8.88. The lowest BCUT2D eigenvalue weighted by molar-refractivity contribution is -0.145. The third-order valence-electron chi connectivity index (χ3n) is 3.47. The van der Waals surface area contributed by atoms with Crippen molar-refractivity contribution in [3.8, 4) is 0 Å². The molecule has 7 heteroatoms. The molecule has 0 saturated heterocycles. The van der Waals surface area contributed by atoms with E-state index in [1.807, 2.05) is 12.2 Å². The van der Waals surface area contributed by atoms with E-state index in [0.29, 0.717) is 12.3 Å². The van der Waals surface area contributed by atoms with Gasteiger partial charge in [-0.2, -0.15) is 0 Å². The first-order valence-electron chi connectivity index (χ1n) is 8.95. The fourth-order valence-electron chi connectivity index (χ4n) is 2.05. The van der Waals surface area contributed by atoms with Crippen LogP contribution in [0.2, 0.25) is 0 Å². The highest BCUT2D eigenvalue weighted by Crippen LogP contribution is 2.29. The molecule has 2 amide bonds. The number of rotatable bonds is 10. The third kappa shape index (κ3) is 11.3. The molecular weight excluding hydrogens is 336 g/mol. The molecule has 1 aliphatic carbocycles. The second-order valence-corrected chi connectivity index (χ2v) is 7.34. The molecule has 1 unspecified atom stereocenters. The number of carbonyl (C=O) groups excluding carboxylic acids is 3. The standard InChI is InChI=1S/C19H30N2O5/c1-19(2,3)26-18(24)21-15(9-7-10-16(20)22)17(23)25-13-6-4-5-8-14-11-12-14/h4-6,8,14-15H,7,9-13H2,1-3H3,(H2,20,22)(H,21,24)/b6-4+,8-5-. The molecular formula is C19H30N2O5. The van der Waals surface area contributed by atoms with Crippen LogP contribution in [0, 0.1) is 5.92 Å². The number of alkyl carbamates (subject to hydrolysis) is 1. The summed E-state index contributed by atoms with van der Waals surface area (Å²) >= 11 is 0. The van der Waals surface area contributed by atoms with Gasteiger partial charge in [-0.05, 0) is 58.4 Å². The Hall–Kier alpha value is -2.31. The smallest absolute Gasteiger partial charge is 0.408 e. The number of nitrogens with two attached hydrogens (primary N) is 1. The second kappa shape index (κ2) is 10.6. The maximum atomic E-state index is 12.2. The summed E-state index contributed by atoms with van der Waals surface area (Å²) in [6.07, 6.45) is 10.1. The summed E-state index contributed by atoms with van der Waals surface area (Å²) in [7, 11) is 0. The van der Waals surface area contributed by atoms with E-state index in [0.717, 1.165) is 0 Å². The summed E-state index contributed by atoms with van der Waals surface area (Å²) in [5.74, 6) is -0.342. The summed E-state index contributed by atoms with van der Waals surface area (Å²) < 4.78 is 10.3. The van der Waals surface area contributed by atoms with E-state index in [1.54, 1.807) is 26.8 Å². The molecule has 1 saturated carbocycles. The Labute approximate surface area is 155 Å². The first-order chi connectivity index (χ1) is 12.2. The van der Waals surface area contributed by atoms with Gasteiger partial charge in [-0.1, -0.05) is 18.2 Å². The van der Waals surface area contributed by atoms with Crippen LogP contribution in [-0.2, 0) is 19.1 Å². The van der Waals surface area contributed by atoms with Gasteiger partial charge in [0, 0.05) is 6.42 Å². The SMILES string of the molecule is CC(C)(C)OC(=O)NC(CCCC(N)=O)C(=O)OC/C=C/C=C\C1CC1. The lowest BCUT2D eigenvalue weighted by atomic mass is 10.1. The summed E-state index contributed by atoms with van der Waals surface area (Å²) in [5, 5.41) is 2.50. The molecule has 0 aromatic carbocycles. The van der Waals surface area contributed by atoms with Crippen molar-refractivity contribution in [3.63, 3.8) is 0 Å². The van der Waals surface area contributed by atoms with Crippen molar-refractivity contribution in [2.75, 3.05) is 6.61 Å². The molecule has 1 aliphatic rings. The summed E-state index contributed by atoms with van der Waals surface area (Å²) in [5.41, 5.74) is 4.43. The first kappa shape index (κ1) is 21.7. The van der Waals surface area contributed by atoms with Crippen LogP contribution in [0.25, 0.3) is 0 Å². The third-order valence-corrected chi connectivity index (χ3v) is 3.47. The van der Waals surface area contributed by atoms with E-state index in [4.69, 9.17) is 15.2 Å². The maximum absolute atomic E-state index is 12.2. The van der Waals surface area contributed by atoms with E-state index in [9.17, 15) is 14.4 Å². The maximum Gasteiger partial charge on any atom is 0.408 e. The molecule has 146 valence electrons. The number of hydrogen-bond acceptors (Lipinski definition) is 5.